The summed E-state index contributed by atoms with van der Waals surface area (Å²) in [6.45, 7) is 7.11. The van der Waals surface area contributed by atoms with Crippen LogP contribution in [0.4, 0.5) is 11.6 Å². The second kappa shape index (κ2) is 10.7. The van der Waals surface area contributed by atoms with Gasteiger partial charge in [-0.05, 0) is 62.9 Å². The lowest BCUT2D eigenvalue weighted by molar-refractivity contribution is 0.102. The van der Waals surface area contributed by atoms with Gasteiger partial charge in [-0.15, -0.1) is 0 Å². The third-order valence-corrected chi connectivity index (χ3v) is 10.5. The number of fused-ring (bicyclic) bond motifs is 9. The van der Waals surface area contributed by atoms with E-state index in [1.807, 2.05) is 7.05 Å². The molecule has 1 spiro atoms. The van der Waals surface area contributed by atoms with Gasteiger partial charge in [-0.1, -0.05) is 0 Å². The van der Waals surface area contributed by atoms with E-state index >= 15 is 0 Å². The van der Waals surface area contributed by atoms with Crippen LogP contribution >= 0.6 is 0 Å². The summed E-state index contributed by atoms with van der Waals surface area (Å²) in [6.07, 6.45) is 7.56. The second-order valence-electron chi connectivity index (χ2n) is 13.5. The summed E-state index contributed by atoms with van der Waals surface area (Å²) in [7, 11) is 5.66. The van der Waals surface area contributed by atoms with Crippen molar-refractivity contribution in [3.8, 4) is 17.0 Å². The molecule has 1 aliphatic carbocycles. The molecule has 7 heterocycles. The molecule has 9 rings (SSSR count). The van der Waals surface area contributed by atoms with E-state index in [4.69, 9.17) is 9.72 Å². The first-order chi connectivity index (χ1) is 21.8. The third-order valence-electron chi connectivity index (χ3n) is 10.5. The van der Waals surface area contributed by atoms with E-state index in [-0.39, 0.29) is 17.0 Å². The zero-order valence-electron chi connectivity index (χ0n) is 26.3. The van der Waals surface area contributed by atoms with Gasteiger partial charge in [-0.2, -0.15) is 5.10 Å². The molecule has 5 bridgehead atoms. The number of imidazole rings is 1. The van der Waals surface area contributed by atoms with Gasteiger partial charge in [0.2, 0.25) is 11.8 Å². The number of amides is 1. The van der Waals surface area contributed by atoms with Gasteiger partial charge in [0.1, 0.15) is 6.61 Å². The molecule has 1 aromatic carbocycles. The zero-order chi connectivity index (χ0) is 30.9. The van der Waals surface area contributed by atoms with Gasteiger partial charge >= 0.3 is 0 Å². The van der Waals surface area contributed by atoms with Crippen LogP contribution in [0.3, 0.4) is 0 Å². The summed E-state index contributed by atoms with van der Waals surface area (Å²) in [5, 5.41) is 7.62. The number of nitrogens with zero attached hydrogens (tertiary/aromatic N) is 8. The minimum absolute atomic E-state index is 0.218. The highest BCUT2D eigenvalue weighted by atomic mass is 16.5. The number of piperazine rings is 1. The first kappa shape index (κ1) is 28.3. The smallest absolute Gasteiger partial charge is 0.259 e. The van der Waals surface area contributed by atoms with Crippen molar-refractivity contribution in [3.63, 3.8) is 0 Å². The molecule has 1 saturated carbocycles. The highest BCUT2D eigenvalue weighted by Gasteiger charge is 2.44. The third kappa shape index (κ3) is 4.82. The van der Waals surface area contributed by atoms with E-state index in [0.717, 1.165) is 82.5 Å². The molecule has 0 radical (unpaired) electrons. The Labute approximate surface area is 262 Å². The fourth-order valence-corrected chi connectivity index (χ4v) is 8.01. The van der Waals surface area contributed by atoms with E-state index in [9.17, 15) is 9.59 Å². The molecule has 4 fully saturated rings. The number of carbonyl (C=O) groups is 1. The average Bonchev–Trinajstić information content (AvgIpc) is 3.45. The Morgan fingerprint density at radius 1 is 0.978 bits per heavy atom. The number of carbonyl (C=O) groups excluding carboxylic acids is 1. The van der Waals surface area contributed by atoms with Crippen LogP contribution in [0, 0.1) is 5.92 Å². The molecule has 1 unspecified atom stereocenters. The number of hydrogen-bond acceptors (Lipinski definition) is 8. The molecule has 1 amide bonds. The van der Waals surface area contributed by atoms with Gasteiger partial charge in [-0.25, -0.2) is 9.67 Å². The molecule has 236 valence electrons. The van der Waals surface area contributed by atoms with Crippen molar-refractivity contribution >= 4 is 28.6 Å². The Hall–Kier alpha value is -4.16. The quantitative estimate of drug-likeness (QED) is 0.351. The topological polar surface area (TPSA) is 106 Å². The van der Waals surface area contributed by atoms with E-state index in [1.54, 1.807) is 30.2 Å². The van der Waals surface area contributed by atoms with E-state index in [0.29, 0.717) is 41.0 Å². The number of pyridine rings is 1. The van der Waals surface area contributed by atoms with Crippen molar-refractivity contribution in [2.24, 2.45) is 20.0 Å². The summed E-state index contributed by atoms with van der Waals surface area (Å²) < 4.78 is 11.8. The molecule has 3 saturated heterocycles. The maximum Gasteiger partial charge on any atom is 0.259 e. The van der Waals surface area contributed by atoms with Crippen molar-refractivity contribution in [3.05, 3.63) is 52.6 Å². The number of likely N-dealkylation sites (N-methyl/N-ethyl adjacent to an activating group) is 1. The largest absolute Gasteiger partial charge is 0.476 e. The summed E-state index contributed by atoms with van der Waals surface area (Å²) in [4.78, 5) is 39.8. The van der Waals surface area contributed by atoms with Gasteiger partial charge in [0.15, 0.2) is 0 Å². The minimum atomic E-state index is -0.306. The first-order valence-corrected chi connectivity index (χ1v) is 16.1. The molecule has 12 heteroatoms. The second-order valence-corrected chi connectivity index (χ2v) is 13.5. The van der Waals surface area contributed by atoms with Crippen LogP contribution in [-0.2, 0) is 19.6 Å². The van der Waals surface area contributed by atoms with Crippen LogP contribution < -0.4 is 20.5 Å². The number of ether oxygens (including phenoxy) is 1. The summed E-state index contributed by atoms with van der Waals surface area (Å²) in [5.74, 6) is 1.42. The van der Waals surface area contributed by atoms with E-state index in [1.165, 1.54) is 10.3 Å². The molecular weight excluding hydrogens is 570 g/mol. The van der Waals surface area contributed by atoms with Crippen molar-refractivity contribution < 1.29 is 9.53 Å². The van der Waals surface area contributed by atoms with Crippen LogP contribution in [0.25, 0.3) is 22.2 Å². The van der Waals surface area contributed by atoms with Gasteiger partial charge in [0, 0.05) is 71.8 Å². The summed E-state index contributed by atoms with van der Waals surface area (Å²) >= 11 is 0. The predicted octanol–water partition coefficient (Wildman–Crippen LogP) is 2.73. The minimum Gasteiger partial charge on any atom is -0.476 e. The number of aromatic nitrogens is 5. The maximum absolute atomic E-state index is 14.1. The highest BCUT2D eigenvalue weighted by Crippen LogP contribution is 2.46. The Morgan fingerprint density at radius 3 is 2.58 bits per heavy atom. The molecule has 5 aliphatic rings. The summed E-state index contributed by atoms with van der Waals surface area (Å²) in [5.41, 5.74) is 4.02. The monoisotopic (exact) mass is 611 g/mol. The Bertz CT molecular complexity index is 1840. The van der Waals surface area contributed by atoms with Crippen molar-refractivity contribution in [2.45, 2.75) is 31.2 Å². The van der Waals surface area contributed by atoms with Gasteiger partial charge in [0.25, 0.3) is 11.5 Å². The molecular formula is C33H41N9O3. The number of aryl methyl sites for hydroxylation is 2. The lowest BCUT2D eigenvalue weighted by Crippen LogP contribution is -2.45. The van der Waals surface area contributed by atoms with E-state index < -0.39 is 0 Å². The lowest BCUT2D eigenvalue weighted by Gasteiger charge is -2.40. The van der Waals surface area contributed by atoms with Crippen molar-refractivity contribution in [1.29, 1.82) is 0 Å². The molecule has 1 atom stereocenters. The van der Waals surface area contributed by atoms with Crippen LogP contribution in [-0.4, -0.2) is 99.1 Å². The number of benzene rings is 1. The predicted molar refractivity (Wildman–Crippen MR) is 173 cm³/mol. The Kier molecular flexibility index (Phi) is 6.75. The fourth-order valence-electron chi connectivity index (χ4n) is 8.01. The SMILES string of the molecule is CN1CCN(c2ccc3nc4n(c3c2)C23CCC(CC2)CN(CCOc2c(cnn2C)-c2cc(cn(C)c2=O)C(=O)N4)C3)CC1. The molecule has 3 aromatic heterocycles. The van der Waals surface area contributed by atoms with Crippen LogP contribution in [0.15, 0.2) is 41.5 Å². The normalized spacial score (nSPS) is 25.5. The summed E-state index contributed by atoms with van der Waals surface area (Å²) in [6, 6.07) is 8.20. The number of hydrogen-bond donors (Lipinski definition) is 1. The molecule has 4 aromatic rings. The Balaban J connectivity index is 1.29. The standard InChI is InChI=1S/C33H41N9O3/c1-37-10-12-41(13-11-37)24-4-5-27-28(17-24)42-32(35-27)36-29(43)23-16-25(30(44)38(2)20-23)26-18-34-39(3)31(26)45-15-14-40-19-22-6-8-33(42,21-40)9-7-22/h4-5,16-18,20,22H,6-15,19,21H2,1-3H3,(H,35,36,43). The van der Waals surface area contributed by atoms with Crippen molar-refractivity contribution in [1.82, 2.24) is 33.7 Å². The van der Waals surface area contributed by atoms with Gasteiger partial charge in [0.05, 0.1) is 39.5 Å². The maximum atomic E-state index is 14.1. The first-order valence-electron chi connectivity index (χ1n) is 16.1. The number of anilines is 2. The molecule has 45 heavy (non-hydrogen) atoms. The zero-order valence-corrected chi connectivity index (χ0v) is 26.3. The van der Waals surface area contributed by atoms with Crippen molar-refractivity contribution in [2.75, 3.05) is 69.7 Å². The van der Waals surface area contributed by atoms with Gasteiger partial charge < -0.3 is 23.7 Å². The van der Waals surface area contributed by atoms with Gasteiger partial charge in [-0.3, -0.25) is 19.8 Å². The fraction of sp³-hybridized carbons (Fsp3) is 0.515. The highest BCUT2D eigenvalue weighted by molar-refractivity contribution is 6.04. The van der Waals surface area contributed by atoms with Crippen LogP contribution in [0.2, 0.25) is 0 Å². The average molecular weight is 612 g/mol. The van der Waals surface area contributed by atoms with Crippen LogP contribution in [0.5, 0.6) is 5.88 Å². The number of nitrogens with one attached hydrogen (secondary N) is 1. The molecule has 1 N–H and O–H groups in total. The molecule has 12 nitrogen and oxygen atoms in total. The Morgan fingerprint density at radius 2 is 1.78 bits per heavy atom. The molecule has 4 aliphatic heterocycles. The van der Waals surface area contributed by atoms with E-state index in [2.05, 4.69) is 54.9 Å². The van der Waals surface area contributed by atoms with Crippen LogP contribution in [0.1, 0.15) is 36.0 Å². The number of rotatable bonds is 1. The lowest BCUT2D eigenvalue weighted by atomic mass is 9.78.